The maximum atomic E-state index is 12.6. The Kier molecular flexibility index (Phi) is 9.78. The van der Waals surface area contributed by atoms with Crippen LogP contribution in [0.5, 0.6) is 0 Å². The molecule has 0 saturated heterocycles. The summed E-state index contributed by atoms with van der Waals surface area (Å²) in [7, 11) is 0. The molecule has 2 rings (SSSR count). The van der Waals surface area contributed by atoms with Crippen LogP contribution >= 0.6 is 11.6 Å². The molecule has 0 fully saturated rings. The first-order chi connectivity index (χ1) is 16.3. The molecule has 10 heteroatoms. The van der Waals surface area contributed by atoms with Gasteiger partial charge in [0.15, 0.2) is 0 Å². The van der Waals surface area contributed by atoms with E-state index in [4.69, 9.17) is 11.6 Å². The van der Waals surface area contributed by atoms with Crippen molar-refractivity contribution >= 4 is 29.1 Å². The number of halogens is 7. The fourth-order valence-corrected chi connectivity index (χ4v) is 3.72. The van der Waals surface area contributed by atoms with E-state index in [9.17, 15) is 36.4 Å². The molecule has 188 valence electrons. The molecule has 35 heavy (non-hydrogen) atoms. The topological polar surface area (TPSA) is 44.1 Å². The number of allylic oxidation sites excluding steroid dienone is 1. The van der Waals surface area contributed by atoms with Crippen LogP contribution in [0.2, 0.25) is 5.02 Å². The van der Waals surface area contributed by atoms with Crippen molar-refractivity contribution in [2.75, 3.05) is 18.0 Å². The molecule has 3 nitrogen and oxygen atoms in total. The van der Waals surface area contributed by atoms with Crippen LogP contribution < -0.4 is 4.90 Å². The summed E-state index contributed by atoms with van der Waals surface area (Å²) in [6.45, 7) is 1.33. The highest BCUT2D eigenvalue weighted by Crippen LogP contribution is 2.34. The molecule has 0 radical (unpaired) electrons. The van der Waals surface area contributed by atoms with Gasteiger partial charge in [-0.15, -0.1) is 0 Å². The van der Waals surface area contributed by atoms with Crippen molar-refractivity contribution in [2.45, 2.75) is 45.0 Å². The average molecular weight is 517 g/mol. The molecule has 0 amide bonds. The quantitative estimate of drug-likeness (QED) is 0.139. The highest BCUT2D eigenvalue weighted by molar-refractivity contribution is 6.34. The minimum absolute atomic E-state index is 0.127. The smallest absolute Gasteiger partial charge is 0.370 e. The predicted octanol–water partition coefficient (Wildman–Crippen LogP) is 7.93. The first-order valence-electron chi connectivity index (χ1n) is 10.7. The van der Waals surface area contributed by atoms with E-state index in [1.165, 1.54) is 23.1 Å². The molecule has 0 bridgehead atoms. The van der Waals surface area contributed by atoms with Crippen molar-refractivity contribution in [2.24, 2.45) is 0 Å². The van der Waals surface area contributed by atoms with Crippen molar-refractivity contribution in [1.82, 2.24) is 0 Å². The fourth-order valence-electron chi connectivity index (χ4n) is 3.43. The van der Waals surface area contributed by atoms with Crippen LogP contribution in [0, 0.1) is 18.3 Å². The minimum Gasteiger partial charge on any atom is -0.370 e. The summed E-state index contributed by atoms with van der Waals surface area (Å²) >= 11 is 6.47. The normalized spacial score (nSPS) is 12.4. The molecule has 0 aliphatic carbocycles. The third kappa shape index (κ3) is 8.95. The van der Waals surface area contributed by atoms with Gasteiger partial charge in [-0.25, -0.2) is 0 Å². The van der Waals surface area contributed by atoms with Gasteiger partial charge in [-0.3, -0.25) is 4.79 Å². The molecule has 2 aromatic rings. The summed E-state index contributed by atoms with van der Waals surface area (Å²) < 4.78 is 75.6. The van der Waals surface area contributed by atoms with Crippen LogP contribution in [0.1, 0.15) is 47.2 Å². The zero-order chi connectivity index (χ0) is 26.2. The molecule has 0 heterocycles. The fraction of sp³-hybridized carbons (Fsp3) is 0.360. The molecule has 0 saturated carbocycles. The van der Waals surface area contributed by atoms with Gasteiger partial charge in [0.2, 0.25) is 5.78 Å². The number of benzene rings is 2. The number of ketones is 1. The molecule has 0 N–H and O–H groups in total. The number of hydrogen-bond acceptors (Lipinski definition) is 3. The van der Waals surface area contributed by atoms with E-state index in [0.29, 0.717) is 22.4 Å². The Morgan fingerprint density at radius 1 is 0.971 bits per heavy atom. The Labute approximate surface area is 204 Å². The third-order valence-electron chi connectivity index (χ3n) is 5.23. The second-order valence-corrected chi connectivity index (χ2v) is 8.28. The van der Waals surface area contributed by atoms with Crippen LogP contribution in [0.3, 0.4) is 0 Å². The summed E-state index contributed by atoms with van der Waals surface area (Å²) in [6, 6.07) is 13.0. The van der Waals surface area contributed by atoms with Crippen LogP contribution in [0.4, 0.5) is 32.0 Å². The largest absolute Gasteiger partial charge is 0.389 e. The highest BCUT2D eigenvalue weighted by atomic mass is 35.5. The lowest BCUT2D eigenvalue weighted by atomic mass is 9.99. The lowest BCUT2D eigenvalue weighted by Gasteiger charge is -2.27. The van der Waals surface area contributed by atoms with Crippen molar-refractivity contribution in [3.8, 4) is 6.07 Å². The lowest BCUT2D eigenvalue weighted by molar-refractivity contribution is -0.135. The number of nitrogens with zero attached hydrogens (tertiary/aromatic N) is 2. The van der Waals surface area contributed by atoms with Gasteiger partial charge in [0.25, 0.3) is 0 Å². The molecule has 0 aliphatic rings. The van der Waals surface area contributed by atoms with Gasteiger partial charge in [0, 0.05) is 31.5 Å². The standard InChI is InChI=1S/C25H23ClF6N2O/c1-17-19(15-20(16-33)23(35)18-7-3-2-4-8-18)9-10-21(22(17)26)34(13-5-11-24(27,28)29)14-6-12-25(30,31)32/h2-4,7-10,15H,5-6,11-14H2,1H3/b20-15-. The number of rotatable bonds is 10. The Hall–Kier alpha value is -2.99. The van der Waals surface area contributed by atoms with Crippen LogP contribution in [-0.2, 0) is 0 Å². The molecule has 0 aliphatic heterocycles. The van der Waals surface area contributed by atoms with Crippen molar-refractivity contribution in [1.29, 1.82) is 5.26 Å². The number of alkyl halides is 6. The van der Waals surface area contributed by atoms with Crippen LogP contribution in [0.15, 0.2) is 48.0 Å². The van der Waals surface area contributed by atoms with Gasteiger partial charge in [-0.1, -0.05) is 48.0 Å². The van der Waals surface area contributed by atoms with Crippen LogP contribution in [-0.4, -0.2) is 31.2 Å². The summed E-state index contributed by atoms with van der Waals surface area (Å²) in [4.78, 5) is 14.0. The Morgan fingerprint density at radius 2 is 1.51 bits per heavy atom. The third-order valence-corrected chi connectivity index (χ3v) is 5.70. The number of hydrogen-bond donors (Lipinski definition) is 0. The zero-order valence-electron chi connectivity index (χ0n) is 18.8. The van der Waals surface area contributed by atoms with E-state index in [-0.39, 0.29) is 36.5 Å². The Morgan fingerprint density at radius 3 is 2.00 bits per heavy atom. The van der Waals surface area contributed by atoms with Gasteiger partial charge in [-0.05, 0) is 43.0 Å². The van der Waals surface area contributed by atoms with Crippen molar-refractivity contribution in [3.63, 3.8) is 0 Å². The molecule has 0 unspecified atom stereocenters. The van der Waals surface area contributed by atoms with Crippen molar-refractivity contribution < 1.29 is 31.1 Å². The summed E-state index contributed by atoms with van der Waals surface area (Å²) in [5.41, 5.74) is 1.34. The first-order valence-corrected chi connectivity index (χ1v) is 11.1. The monoisotopic (exact) mass is 516 g/mol. The zero-order valence-corrected chi connectivity index (χ0v) is 19.6. The van der Waals surface area contributed by atoms with Crippen LogP contribution in [0.25, 0.3) is 6.08 Å². The second-order valence-electron chi connectivity index (χ2n) is 7.90. The van der Waals surface area contributed by atoms with Gasteiger partial charge >= 0.3 is 12.4 Å². The SMILES string of the molecule is Cc1c(/C=C(/C#N)C(=O)c2ccccc2)ccc(N(CCCC(F)(F)F)CCCC(F)(F)F)c1Cl. The van der Waals surface area contributed by atoms with Crippen molar-refractivity contribution in [3.05, 3.63) is 69.8 Å². The number of carbonyl (C=O) groups excluding carboxylic acids is 1. The molecular formula is C25H23ClF6N2O. The van der Waals surface area contributed by atoms with E-state index >= 15 is 0 Å². The maximum absolute atomic E-state index is 12.6. The molecule has 2 aromatic carbocycles. The number of Topliss-reactive ketones (excluding diaryl/α,β-unsaturated/α-hetero) is 1. The van der Waals surface area contributed by atoms with E-state index in [1.54, 1.807) is 37.3 Å². The lowest BCUT2D eigenvalue weighted by Crippen LogP contribution is -2.28. The number of nitriles is 1. The van der Waals surface area contributed by atoms with Gasteiger partial charge in [0.1, 0.15) is 11.6 Å². The number of carbonyl (C=O) groups is 1. The second kappa shape index (κ2) is 12.1. The van der Waals surface area contributed by atoms with Gasteiger partial charge < -0.3 is 4.90 Å². The first kappa shape index (κ1) is 28.2. The Bertz CT molecular complexity index is 1070. The van der Waals surface area contributed by atoms with E-state index < -0.39 is 31.0 Å². The minimum atomic E-state index is -4.38. The summed E-state index contributed by atoms with van der Waals surface area (Å²) in [5.74, 6) is -0.492. The predicted molar refractivity (Wildman–Crippen MR) is 123 cm³/mol. The average Bonchev–Trinajstić information content (AvgIpc) is 2.78. The van der Waals surface area contributed by atoms with E-state index in [1.807, 2.05) is 6.07 Å². The molecule has 0 spiro atoms. The van der Waals surface area contributed by atoms with Gasteiger partial charge in [0.05, 0.1) is 10.7 Å². The van der Waals surface area contributed by atoms with E-state index in [2.05, 4.69) is 0 Å². The Balaban J connectivity index is 2.33. The number of anilines is 1. The summed E-state index contributed by atoms with van der Waals surface area (Å²) in [6.07, 6.45) is -10.2. The molecular weight excluding hydrogens is 494 g/mol. The highest BCUT2D eigenvalue weighted by Gasteiger charge is 2.28. The molecule has 0 atom stereocenters. The van der Waals surface area contributed by atoms with Gasteiger partial charge in [-0.2, -0.15) is 31.6 Å². The maximum Gasteiger partial charge on any atom is 0.389 e. The van der Waals surface area contributed by atoms with E-state index in [0.717, 1.165) is 0 Å². The summed E-state index contributed by atoms with van der Waals surface area (Å²) in [5, 5.41) is 9.61. The molecule has 0 aromatic heterocycles.